The Morgan fingerprint density at radius 3 is 2.35 bits per heavy atom. The first kappa shape index (κ1) is 14.3. The first-order valence-corrected chi connectivity index (χ1v) is 8.36. The summed E-state index contributed by atoms with van der Waals surface area (Å²) in [5, 5.41) is 3.40. The maximum absolute atomic E-state index is 12.7. The fourth-order valence-electron chi connectivity index (χ4n) is 3.65. The Hall–Kier alpha value is -0.610. The van der Waals surface area contributed by atoms with E-state index in [0.29, 0.717) is 31.0 Å². The van der Waals surface area contributed by atoms with Gasteiger partial charge in [-0.1, -0.05) is 6.92 Å². The molecule has 3 rings (SSSR count). The summed E-state index contributed by atoms with van der Waals surface area (Å²) in [4.78, 5) is 15.0. The highest BCUT2D eigenvalue weighted by Gasteiger charge is 2.38. The molecule has 3 fully saturated rings. The summed E-state index contributed by atoms with van der Waals surface area (Å²) in [5.41, 5.74) is 0. The molecule has 0 aromatic heterocycles. The third-order valence-electron chi connectivity index (χ3n) is 5.03. The van der Waals surface area contributed by atoms with E-state index in [-0.39, 0.29) is 6.04 Å². The van der Waals surface area contributed by atoms with Crippen LogP contribution in [0.5, 0.6) is 0 Å². The van der Waals surface area contributed by atoms with Crippen molar-refractivity contribution < 1.29 is 9.53 Å². The van der Waals surface area contributed by atoms with Gasteiger partial charge < -0.3 is 15.0 Å². The second-order valence-corrected chi connectivity index (χ2v) is 6.88. The van der Waals surface area contributed by atoms with Crippen LogP contribution in [0.1, 0.15) is 51.9 Å². The predicted octanol–water partition coefficient (Wildman–Crippen LogP) is 1.93. The fraction of sp³-hybridized carbons (Fsp3) is 0.938. The van der Waals surface area contributed by atoms with E-state index in [9.17, 15) is 4.79 Å². The van der Waals surface area contributed by atoms with Crippen molar-refractivity contribution in [3.05, 3.63) is 0 Å². The van der Waals surface area contributed by atoms with Crippen LogP contribution in [0, 0.1) is 5.92 Å². The van der Waals surface area contributed by atoms with Crippen molar-refractivity contribution in [3.63, 3.8) is 0 Å². The lowest BCUT2D eigenvalue weighted by Crippen LogP contribution is -2.48. The lowest BCUT2D eigenvalue weighted by molar-refractivity contribution is -0.136. The number of nitrogens with zero attached hydrogens (tertiary/aromatic N) is 1. The molecule has 1 unspecified atom stereocenters. The van der Waals surface area contributed by atoms with Crippen LogP contribution in [-0.2, 0) is 9.53 Å². The number of ether oxygens (including phenoxy) is 1. The normalized spacial score (nSPS) is 34.8. The van der Waals surface area contributed by atoms with Crippen LogP contribution in [0.25, 0.3) is 0 Å². The third-order valence-corrected chi connectivity index (χ3v) is 5.03. The van der Waals surface area contributed by atoms with Crippen molar-refractivity contribution in [1.82, 2.24) is 10.2 Å². The molecule has 1 atom stereocenters. The van der Waals surface area contributed by atoms with E-state index in [4.69, 9.17) is 4.74 Å². The van der Waals surface area contributed by atoms with Crippen molar-refractivity contribution in [1.29, 1.82) is 0 Å². The van der Waals surface area contributed by atoms with Crippen molar-refractivity contribution in [3.8, 4) is 0 Å². The summed E-state index contributed by atoms with van der Waals surface area (Å²) in [6.07, 6.45) is 8.02. The first-order chi connectivity index (χ1) is 9.74. The number of hydrogen-bond donors (Lipinski definition) is 1. The highest BCUT2D eigenvalue weighted by molar-refractivity contribution is 5.78. The van der Waals surface area contributed by atoms with Gasteiger partial charge in [0.05, 0.1) is 13.2 Å². The number of amides is 1. The van der Waals surface area contributed by atoms with E-state index in [2.05, 4.69) is 17.1 Å². The summed E-state index contributed by atoms with van der Waals surface area (Å²) < 4.78 is 5.47. The lowest BCUT2D eigenvalue weighted by Gasteiger charge is -2.37. The minimum atomic E-state index is 0.222. The summed E-state index contributed by atoms with van der Waals surface area (Å²) in [6, 6.07) is 1.28. The van der Waals surface area contributed by atoms with E-state index in [0.717, 1.165) is 19.1 Å². The van der Waals surface area contributed by atoms with Gasteiger partial charge in [0, 0.05) is 31.1 Å². The second-order valence-electron chi connectivity index (χ2n) is 6.88. The number of rotatable bonds is 4. The zero-order valence-electron chi connectivity index (χ0n) is 12.6. The Morgan fingerprint density at radius 2 is 1.80 bits per heavy atom. The lowest BCUT2D eigenvalue weighted by atomic mass is 9.86. The molecule has 20 heavy (non-hydrogen) atoms. The van der Waals surface area contributed by atoms with Crippen LogP contribution in [0.2, 0.25) is 0 Å². The third kappa shape index (κ3) is 3.53. The van der Waals surface area contributed by atoms with Gasteiger partial charge in [0.15, 0.2) is 0 Å². The maximum atomic E-state index is 12.7. The van der Waals surface area contributed by atoms with E-state index in [1.807, 2.05) is 0 Å². The summed E-state index contributed by atoms with van der Waals surface area (Å²) in [5.74, 6) is 1.20. The molecule has 114 valence electrons. The molecule has 0 spiro atoms. The van der Waals surface area contributed by atoms with E-state index < -0.39 is 0 Å². The Labute approximate surface area is 122 Å². The predicted molar refractivity (Wildman–Crippen MR) is 78.5 cm³/mol. The van der Waals surface area contributed by atoms with Crippen LogP contribution in [0.4, 0.5) is 0 Å². The molecule has 2 aliphatic carbocycles. The smallest absolute Gasteiger partial charge is 0.224 e. The quantitative estimate of drug-likeness (QED) is 0.855. The molecule has 1 amide bonds. The molecule has 1 heterocycles. The highest BCUT2D eigenvalue weighted by Crippen LogP contribution is 2.35. The molecule has 0 radical (unpaired) electrons. The van der Waals surface area contributed by atoms with Gasteiger partial charge >= 0.3 is 0 Å². The number of carbonyl (C=O) groups is 1. The summed E-state index contributed by atoms with van der Waals surface area (Å²) >= 11 is 0. The van der Waals surface area contributed by atoms with Crippen molar-refractivity contribution in [2.45, 2.75) is 70.0 Å². The van der Waals surface area contributed by atoms with Crippen molar-refractivity contribution in [2.75, 3.05) is 19.8 Å². The molecular formula is C16H28N2O2. The molecule has 0 bridgehead atoms. The Kier molecular flexibility index (Phi) is 4.61. The van der Waals surface area contributed by atoms with Crippen molar-refractivity contribution in [2.24, 2.45) is 5.92 Å². The summed E-state index contributed by atoms with van der Waals surface area (Å²) in [6.45, 7) is 4.68. The second kappa shape index (κ2) is 6.44. The Balaban J connectivity index is 1.56. The van der Waals surface area contributed by atoms with Crippen LogP contribution >= 0.6 is 0 Å². The van der Waals surface area contributed by atoms with Crippen LogP contribution in [0.3, 0.4) is 0 Å². The number of morpholine rings is 1. The SMILES string of the molecule is CC1CCC(N(C(=O)CC2COCCN2)C2CC2)CC1. The van der Waals surface area contributed by atoms with Gasteiger partial charge in [-0.3, -0.25) is 4.79 Å². The summed E-state index contributed by atoms with van der Waals surface area (Å²) in [7, 11) is 0. The highest BCUT2D eigenvalue weighted by atomic mass is 16.5. The van der Waals surface area contributed by atoms with Gasteiger partial charge in [0.25, 0.3) is 0 Å². The van der Waals surface area contributed by atoms with E-state index >= 15 is 0 Å². The Morgan fingerprint density at radius 1 is 1.15 bits per heavy atom. The van der Waals surface area contributed by atoms with Gasteiger partial charge in [-0.05, 0) is 44.4 Å². The van der Waals surface area contributed by atoms with Gasteiger partial charge in [-0.25, -0.2) is 0 Å². The van der Waals surface area contributed by atoms with Gasteiger partial charge in [0.1, 0.15) is 0 Å². The van der Waals surface area contributed by atoms with E-state index in [1.54, 1.807) is 0 Å². The zero-order valence-corrected chi connectivity index (χ0v) is 12.6. The molecule has 4 heteroatoms. The van der Waals surface area contributed by atoms with Crippen LogP contribution in [0.15, 0.2) is 0 Å². The molecule has 4 nitrogen and oxygen atoms in total. The standard InChI is InChI=1S/C16H28N2O2/c1-12-2-4-14(5-3-12)18(15-6-7-15)16(19)10-13-11-20-9-8-17-13/h12-15,17H,2-11H2,1H3. The van der Waals surface area contributed by atoms with Crippen LogP contribution in [-0.4, -0.2) is 48.7 Å². The molecule has 1 saturated heterocycles. The Bertz CT molecular complexity index is 329. The van der Waals surface area contributed by atoms with Crippen LogP contribution < -0.4 is 5.32 Å². The monoisotopic (exact) mass is 280 g/mol. The topological polar surface area (TPSA) is 41.6 Å². The molecule has 1 aliphatic heterocycles. The number of hydrogen-bond acceptors (Lipinski definition) is 3. The maximum Gasteiger partial charge on any atom is 0.224 e. The average molecular weight is 280 g/mol. The van der Waals surface area contributed by atoms with Gasteiger partial charge in [-0.2, -0.15) is 0 Å². The number of carbonyl (C=O) groups excluding carboxylic acids is 1. The molecule has 1 N–H and O–H groups in total. The first-order valence-electron chi connectivity index (χ1n) is 8.36. The molecule has 0 aromatic carbocycles. The van der Waals surface area contributed by atoms with Gasteiger partial charge in [-0.15, -0.1) is 0 Å². The average Bonchev–Trinajstić information content (AvgIpc) is 3.27. The van der Waals surface area contributed by atoms with Crippen molar-refractivity contribution >= 4 is 5.91 Å². The largest absolute Gasteiger partial charge is 0.378 e. The minimum Gasteiger partial charge on any atom is -0.378 e. The molecule has 2 saturated carbocycles. The van der Waals surface area contributed by atoms with E-state index in [1.165, 1.54) is 38.5 Å². The minimum absolute atomic E-state index is 0.222. The molecule has 3 aliphatic rings. The number of nitrogens with one attached hydrogen (secondary N) is 1. The fourth-order valence-corrected chi connectivity index (χ4v) is 3.65. The molecular weight excluding hydrogens is 252 g/mol. The molecule has 0 aromatic rings. The zero-order chi connectivity index (χ0) is 13.9. The van der Waals surface area contributed by atoms with Gasteiger partial charge in [0.2, 0.25) is 5.91 Å².